The summed E-state index contributed by atoms with van der Waals surface area (Å²) in [5.74, 6) is -2.89. The van der Waals surface area contributed by atoms with E-state index in [0.717, 1.165) is 24.0 Å². The Morgan fingerprint density at radius 1 is 0.907 bits per heavy atom. The van der Waals surface area contributed by atoms with Gasteiger partial charge in [0.25, 0.3) is 0 Å². The number of rotatable bonds is 21. The van der Waals surface area contributed by atoms with Gasteiger partial charge in [-0.25, -0.2) is 4.79 Å². The third kappa shape index (κ3) is 10.8. The van der Waals surface area contributed by atoms with Gasteiger partial charge < -0.3 is 40.3 Å². The normalized spacial score (nSPS) is 22.3. The number of methoxy groups -OCH3 is 2. The summed E-state index contributed by atoms with van der Waals surface area (Å²) < 4.78 is 12.0. The molecular weight excluding hydrogens is 690 g/mol. The number of piperidine rings is 1. The molecule has 11 atom stereocenters. The van der Waals surface area contributed by atoms with E-state index in [2.05, 4.69) is 16.0 Å². The molecule has 1 heterocycles. The third-order valence-electron chi connectivity index (χ3n) is 11.7. The van der Waals surface area contributed by atoms with E-state index < -0.39 is 60.2 Å². The Morgan fingerprint density at radius 2 is 1.52 bits per heavy atom. The van der Waals surface area contributed by atoms with Crippen molar-refractivity contribution < 1.29 is 38.6 Å². The first-order valence-electron chi connectivity index (χ1n) is 19.6. The van der Waals surface area contributed by atoms with E-state index >= 15 is 0 Å². The highest BCUT2D eigenvalue weighted by Gasteiger charge is 2.57. The number of aliphatic carboxylic acids is 1. The second-order valence-electron chi connectivity index (χ2n) is 16.3. The highest BCUT2D eigenvalue weighted by molar-refractivity contribution is 5.90. The summed E-state index contributed by atoms with van der Waals surface area (Å²) in [4.78, 5) is 71.1. The van der Waals surface area contributed by atoms with Gasteiger partial charge in [-0.1, -0.05) is 84.7 Å². The average molecular weight is 758 g/mol. The average Bonchev–Trinajstić information content (AvgIpc) is 3.78. The minimum absolute atomic E-state index is 0.00534. The standard InChI is InChI=1S/C41H67N5O8/c1-13-25(7)36(45(10)40(50)35(23(4)5)44-39(49)34(42-9)22(2)3)32(53-11)21-33(47)46-30-19-28(30)20-31(46)37(54-12)26(8)38(48)43-29(41(51)52)18-27-16-14-24(6)15-17-27/h14-17,22-23,25-26,28-32,34-37,42H,13,18-21H2,1-12H3,(H,43,48)(H,44,49)(H,51,52)/t25-,26?,28?,29-,30?,31-,32?,34?,35-,36?,37?/m0/s1. The van der Waals surface area contributed by atoms with E-state index in [0.29, 0.717) is 12.3 Å². The number of nitrogens with one attached hydrogen (secondary N) is 3. The number of hydrogen-bond acceptors (Lipinski definition) is 8. The van der Waals surface area contributed by atoms with E-state index in [9.17, 15) is 29.1 Å². The van der Waals surface area contributed by atoms with Crippen molar-refractivity contribution in [2.45, 2.75) is 136 Å². The van der Waals surface area contributed by atoms with Crippen LogP contribution >= 0.6 is 0 Å². The largest absolute Gasteiger partial charge is 0.480 e. The van der Waals surface area contributed by atoms with E-state index in [-0.39, 0.29) is 54.4 Å². The van der Waals surface area contributed by atoms with Gasteiger partial charge in [0.15, 0.2) is 0 Å². The summed E-state index contributed by atoms with van der Waals surface area (Å²) in [5.41, 5.74) is 1.85. The van der Waals surface area contributed by atoms with Gasteiger partial charge in [0.1, 0.15) is 12.1 Å². The maximum absolute atomic E-state index is 14.4. The number of likely N-dealkylation sites (tertiary alicyclic amines) is 1. The van der Waals surface area contributed by atoms with Crippen molar-refractivity contribution in [1.82, 2.24) is 25.8 Å². The van der Waals surface area contributed by atoms with Crippen LogP contribution in [0.3, 0.4) is 0 Å². The summed E-state index contributed by atoms with van der Waals surface area (Å²) in [6, 6.07) is 4.31. The minimum Gasteiger partial charge on any atom is -0.480 e. The zero-order valence-corrected chi connectivity index (χ0v) is 34.5. The molecule has 0 bridgehead atoms. The number of nitrogens with zero attached hydrogens (tertiary/aromatic N) is 2. The fourth-order valence-electron chi connectivity index (χ4n) is 8.21. The van der Waals surface area contributed by atoms with Crippen molar-refractivity contribution >= 4 is 29.6 Å². The van der Waals surface area contributed by atoms with Gasteiger partial charge in [0.05, 0.1) is 42.7 Å². The lowest BCUT2D eigenvalue weighted by Crippen LogP contribution is -2.59. The van der Waals surface area contributed by atoms with Crippen LogP contribution in [0.4, 0.5) is 0 Å². The Morgan fingerprint density at radius 3 is 2.02 bits per heavy atom. The van der Waals surface area contributed by atoms with Crippen LogP contribution in [0.15, 0.2) is 24.3 Å². The van der Waals surface area contributed by atoms with Crippen molar-refractivity contribution in [2.24, 2.45) is 29.6 Å². The molecule has 54 heavy (non-hydrogen) atoms. The SMILES string of the molecule is CC[C@H](C)C(C(CC(=O)N1C2CC2C[C@H]1C(OC)C(C)C(=O)N[C@@H](Cc1ccc(C)cc1)C(=O)O)OC)N(C)C(=O)[C@@H](NC(=O)C(NC)C(C)C)C(C)C. The summed E-state index contributed by atoms with van der Waals surface area (Å²) in [5, 5.41) is 18.7. The molecule has 304 valence electrons. The number of ether oxygens (including phenoxy) is 2. The van der Waals surface area contributed by atoms with Gasteiger partial charge in [0, 0.05) is 33.7 Å². The fourth-order valence-corrected chi connectivity index (χ4v) is 8.21. The maximum Gasteiger partial charge on any atom is 0.326 e. The third-order valence-corrected chi connectivity index (χ3v) is 11.7. The van der Waals surface area contributed by atoms with E-state index in [1.54, 1.807) is 33.0 Å². The Bertz CT molecular complexity index is 1440. The van der Waals surface area contributed by atoms with E-state index in [1.165, 1.54) is 7.11 Å². The number of carboxylic acids is 1. The summed E-state index contributed by atoms with van der Waals surface area (Å²) >= 11 is 0. The number of carbonyl (C=O) groups is 5. The molecule has 4 N–H and O–H groups in total. The number of hydrogen-bond donors (Lipinski definition) is 4. The van der Waals surface area contributed by atoms with Crippen molar-refractivity contribution in [1.29, 1.82) is 0 Å². The zero-order chi connectivity index (χ0) is 40.6. The summed E-state index contributed by atoms with van der Waals surface area (Å²) in [6.45, 7) is 15.4. The first-order chi connectivity index (χ1) is 25.4. The molecule has 1 aromatic carbocycles. The number of benzene rings is 1. The lowest BCUT2D eigenvalue weighted by atomic mass is 9.89. The fraction of sp³-hybridized carbons (Fsp3) is 0.732. The molecule has 1 aliphatic heterocycles. The molecule has 1 saturated carbocycles. The number of carboxylic acid groups (broad SMARTS) is 1. The Labute approximate surface area is 322 Å². The van der Waals surface area contributed by atoms with Crippen molar-refractivity contribution in [3.8, 4) is 0 Å². The van der Waals surface area contributed by atoms with Crippen LogP contribution in [-0.4, -0.2) is 121 Å². The molecule has 0 aromatic heterocycles. The van der Waals surface area contributed by atoms with Crippen molar-refractivity contribution in [3.05, 3.63) is 35.4 Å². The lowest BCUT2D eigenvalue weighted by Gasteiger charge is -2.41. The molecule has 2 fully saturated rings. The molecule has 0 spiro atoms. The minimum atomic E-state index is -1.13. The van der Waals surface area contributed by atoms with Crippen LogP contribution in [0.2, 0.25) is 0 Å². The predicted molar refractivity (Wildman–Crippen MR) is 207 cm³/mol. The molecule has 0 radical (unpaired) electrons. The summed E-state index contributed by atoms with van der Waals surface area (Å²) in [7, 11) is 6.51. The quantitative estimate of drug-likeness (QED) is 0.147. The molecular formula is C41H67N5O8. The maximum atomic E-state index is 14.4. The molecule has 2 aliphatic rings. The van der Waals surface area contributed by atoms with Gasteiger partial charge >= 0.3 is 5.97 Å². The van der Waals surface area contributed by atoms with E-state index in [4.69, 9.17) is 9.47 Å². The van der Waals surface area contributed by atoms with E-state index in [1.807, 2.05) is 77.6 Å². The molecule has 13 nitrogen and oxygen atoms in total. The predicted octanol–water partition coefficient (Wildman–Crippen LogP) is 3.41. The summed E-state index contributed by atoms with van der Waals surface area (Å²) in [6.07, 6.45) is 1.07. The first kappa shape index (κ1) is 44.8. The highest BCUT2D eigenvalue weighted by atomic mass is 16.5. The molecule has 3 rings (SSSR count). The van der Waals surface area contributed by atoms with Crippen LogP contribution in [0.25, 0.3) is 0 Å². The van der Waals surface area contributed by atoms with Crippen LogP contribution in [0, 0.1) is 36.5 Å². The molecule has 1 aliphatic carbocycles. The second-order valence-corrected chi connectivity index (χ2v) is 16.3. The number of carbonyl (C=O) groups excluding carboxylic acids is 4. The molecule has 1 saturated heterocycles. The second kappa shape index (κ2) is 19.9. The highest BCUT2D eigenvalue weighted by Crippen LogP contribution is 2.50. The Kier molecular flexibility index (Phi) is 16.5. The number of fused-ring (bicyclic) bond motifs is 1. The molecule has 1 aromatic rings. The van der Waals surface area contributed by atoms with Crippen LogP contribution in [0.5, 0.6) is 0 Å². The zero-order valence-electron chi connectivity index (χ0n) is 34.5. The van der Waals surface area contributed by atoms with Gasteiger partial charge in [-0.15, -0.1) is 0 Å². The number of amides is 4. The Hall–Kier alpha value is -3.55. The first-order valence-corrected chi connectivity index (χ1v) is 19.6. The monoisotopic (exact) mass is 757 g/mol. The van der Waals surface area contributed by atoms with Crippen LogP contribution in [-0.2, 0) is 39.9 Å². The molecule has 13 heteroatoms. The number of likely N-dealkylation sites (N-methyl/N-ethyl adjacent to an activating group) is 2. The van der Waals surface area contributed by atoms with Crippen LogP contribution < -0.4 is 16.0 Å². The smallest absolute Gasteiger partial charge is 0.326 e. The topological polar surface area (TPSA) is 167 Å². The lowest BCUT2D eigenvalue weighted by molar-refractivity contribution is -0.149. The van der Waals surface area contributed by atoms with Gasteiger partial charge in [-0.2, -0.15) is 0 Å². The molecule has 7 unspecified atom stereocenters. The Balaban J connectivity index is 1.80. The van der Waals surface area contributed by atoms with Crippen LogP contribution in [0.1, 0.15) is 85.3 Å². The molecule has 4 amide bonds. The van der Waals surface area contributed by atoms with Gasteiger partial charge in [0.2, 0.25) is 23.6 Å². The van der Waals surface area contributed by atoms with Gasteiger partial charge in [-0.05, 0) is 56.0 Å². The van der Waals surface area contributed by atoms with Crippen molar-refractivity contribution in [3.63, 3.8) is 0 Å². The number of aryl methyl sites for hydroxylation is 1. The van der Waals surface area contributed by atoms with Gasteiger partial charge in [-0.3, -0.25) is 19.2 Å². The van der Waals surface area contributed by atoms with Crippen molar-refractivity contribution in [2.75, 3.05) is 28.3 Å².